The summed E-state index contributed by atoms with van der Waals surface area (Å²) < 4.78 is 18.6. The zero-order valence-corrected chi connectivity index (χ0v) is 13.5. The summed E-state index contributed by atoms with van der Waals surface area (Å²) in [6.07, 6.45) is 0. The maximum atomic E-state index is 13.4. The Morgan fingerprint density at radius 2 is 2.13 bits per heavy atom. The summed E-state index contributed by atoms with van der Waals surface area (Å²) in [6.45, 7) is 0.627. The van der Waals surface area contributed by atoms with Gasteiger partial charge in [-0.1, -0.05) is 18.2 Å². The van der Waals surface area contributed by atoms with Gasteiger partial charge in [-0.05, 0) is 29.8 Å². The summed E-state index contributed by atoms with van der Waals surface area (Å²) in [4.78, 5) is 14.3. The molecule has 4 nitrogen and oxygen atoms in total. The van der Waals surface area contributed by atoms with Gasteiger partial charge in [-0.15, -0.1) is 11.8 Å². The van der Waals surface area contributed by atoms with E-state index < -0.39 is 0 Å². The average molecular weight is 332 g/mol. The molecule has 1 fully saturated rings. The number of amides is 2. The molecular formula is C17H17FN2O2S. The third kappa shape index (κ3) is 3.59. The van der Waals surface area contributed by atoms with Crippen LogP contribution in [-0.2, 0) is 0 Å². The van der Waals surface area contributed by atoms with E-state index in [9.17, 15) is 9.18 Å². The standard InChI is InChI=1S/C17H17FN2O2S/c1-22-15-7-3-6-14(11-15)19-17(21)20-8-9-23-16(20)12-4-2-5-13(18)10-12/h2-7,10-11,16H,8-9H2,1H3,(H,19,21)/t16-/m1/s1. The number of methoxy groups -OCH3 is 1. The molecule has 0 spiro atoms. The Morgan fingerprint density at radius 1 is 1.30 bits per heavy atom. The zero-order chi connectivity index (χ0) is 16.2. The summed E-state index contributed by atoms with van der Waals surface area (Å²) >= 11 is 1.63. The highest BCUT2D eigenvalue weighted by molar-refractivity contribution is 7.99. The maximum Gasteiger partial charge on any atom is 0.323 e. The van der Waals surface area contributed by atoms with Crippen molar-refractivity contribution in [3.8, 4) is 5.75 Å². The molecule has 0 unspecified atom stereocenters. The van der Waals surface area contributed by atoms with Crippen molar-refractivity contribution in [2.75, 3.05) is 24.7 Å². The fourth-order valence-corrected chi connectivity index (χ4v) is 3.76. The molecule has 6 heteroatoms. The number of anilines is 1. The molecule has 0 aliphatic carbocycles. The molecule has 3 rings (SSSR count). The molecule has 0 saturated carbocycles. The first-order valence-electron chi connectivity index (χ1n) is 7.26. The van der Waals surface area contributed by atoms with Crippen molar-refractivity contribution in [1.82, 2.24) is 4.90 Å². The number of hydrogen-bond donors (Lipinski definition) is 1. The number of nitrogens with zero attached hydrogens (tertiary/aromatic N) is 1. The summed E-state index contributed by atoms with van der Waals surface area (Å²) in [5.74, 6) is 1.22. The predicted octanol–water partition coefficient (Wildman–Crippen LogP) is 4.11. The molecule has 120 valence electrons. The van der Waals surface area contributed by atoms with E-state index in [2.05, 4.69) is 5.32 Å². The highest BCUT2D eigenvalue weighted by Gasteiger charge is 2.30. The maximum absolute atomic E-state index is 13.4. The van der Waals surface area contributed by atoms with Gasteiger partial charge in [-0.3, -0.25) is 0 Å². The van der Waals surface area contributed by atoms with Crippen LogP contribution in [0.15, 0.2) is 48.5 Å². The molecule has 1 N–H and O–H groups in total. The summed E-state index contributed by atoms with van der Waals surface area (Å²) in [6, 6.07) is 13.4. The summed E-state index contributed by atoms with van der Waals surface area (Å²) in [7, 11) is 1.58. The molecule has 1 saturated heterocycles. The Bertz CT molecular complexity index is 710. The normalized spacial score (nSPS) is 17.1. The lowest BCUT2D eigenvalue weighted by Gasteiger charge is -2.24. The summed E-state index contributed by atoms with van der Waals surface area (Å²) in [5, 5.41) is 2.70. The molecule has 0 bridgehead atoms. The molecule has 0 radical (unpaired) electrons. The average Bonchev–Trinajstić information content (AvgIpc) is 3.05. The van der Waals surface area contributed by atoms with Crippen LogP contribution < -0.4 is 10.1 Å². The number of carbonyl (C=O) groups is 1. The minimum Gasteiger partial charge on any atom is -0.497 e. The van der Waals surface area contributed by atoms with Crippen LogP contribution in [0.4, 0.5) is 14.9 Å². The van der Waals surface area contributed by atoms with Crippen molar-refractivity contribution in [1.29, 1.82) is 0 Å². The van der Waals surface area contributed by atoms with E-state index in [-0.39, 0.29) is 17.2 Å². The van der Waals surface area contributed by atoms with Crippen LogP contribution in [0.3, 0.4) is 0 Å². The minimum atomic E-state index is -0.289. The Balaban J connectivity index is 1.75. The number of benzene rings is 2. The number of ether oxygens (including phenoxy) is 1. The van der Waals surface area contributed by atoms with Crippen LogP contribution >= 0.6 is 11.8 Å². The number of thioether (sulfide) groups is 1. The van der Waals surface area contributed by atoms with Gasteiger partial charge in [0.05, 0.1) is 7.11 Å². The molecule has 23 heavy (non-hydrogen) atoms. The molecular weight excluding hydrogens is 315 g/mol. The molecule has 1 atom stereocenters. The number of hydrogen-bond acceptors (Lipinski definition) is 3. The van der Waals surface area contributed by atoms with E-state index in [1.165, 1.54) is 12.1 Å². The first-order valence-corrected chi connectivity index (χ1v) is 8.31. The van der Waals surface area contributed by atoms with Gasteiger partial charge in [-0.2, -0.15) is 0 Å². The van der Waals surface area contributed by atoms with E-state index in [4.69, 9.17) is 4.74 Å². The fraction of sp³-hybridized carbons (Fsp3) is 0.235. The van der Waals surface area contributed by atoms with Crippen LogP contribution in [0.2, 0.25) is 0 Å². The van der Waals surface area contributed by atoms with Gasteiger partial charge in [0.25, 0.3) is 0 Å². The lowest BCUT2D eigenvalue weighted by Crippen LogP contribution is -2.34. The number of carbonyl (C=O) groups excluding carboxylic acids is 1. The lowest BCUT2D eigenvalue weighted by molar-refractivity contribution is 0.214. The topological polar surface area (TPSA) is 41.6 Å². The van der Waals surface area contributed by atoms with Crippen LogP contribution in [0.5, 0.6) is 5.75 Å². The SMILES string of the molecule is COc1cccc(NC(=O)N2CCS[C@@H]2c2cccc(F)c2)c1. The second kappa shape index (κ2) is 6.91. The van der Waals surface area contributed by atoms with Crippen molar-refractivity contribution >= 4 is 23.5 Å². The van der Waals surface area contributed by atoms with Crippen LogP contribution in [0.25, 0.3) is 0 Å². The van der Waals surface area contributed by atoms with Gasteiger partial charge >= 0.3 is 6.03 Å². The lowest BCUT2D eigenvalue weighted by atomic mass is 10.2. The Morgan fingerprint density at radius 3 is 2.91 bits per heavy atom. The van der Waals surface area contributed by atoms with Crippen LogP contribution in [-0.4, -0.2) is 30.3 Å². The Kier molecular flexibility index (Phi) is 4.71. The predicted molar refractivity (Wildman–Crippen MR) is 90.3 cm³/mol. The molecule has 2 aromatic carbocycles. The number of halogens is 1. The first kappa shape index (κ1) is 15.7. The van der Waals surface area contributed by atoms with Crippen molar-refractivity contribution in [2.24, 2.45) is 0 Å². The molecule has 1 heterocycles. The van der Waals surface area contributed by atoms with Crippen LogP contribution in [0.1, 0.15) is 10.9 Å². The van der Waals surface area contributed by atoms with Crippen molar-refractivity contribution < 1.29 is 13.9 Å². The van der Waals surface area contributed by atoms with Gasteiger partial charge in [-0.25, -0.2) is 9.18 Å². The molecule has 2 aromatic rings. The van der Waals surface area contributed by atoms with Gasteiger partial charge in [0.1, 0.15) is 16.9 Å². The van der Waals surface area contributed by atoms with Crippen LogP contribution in [0, 0.1) is 5.82 Å². The van der Waals surface area contributed by atoms with Crippen molar-refractivity contribution in [3.63, 3.8) is 0 Å². The van der Waals surface area contributed by atoms with E-state index in [0.29, 0.717) is 18.0 Å². The third-order valence-corrected chi connectivity index (χ3v) is 4.87. The number of nitrogens with one attached hydrogen (secondary N) is 1. The second-order valence-corrected chi connectivity index (χ2v) is 6.32. The summed E-state index contributed by atoms with van der Waals surface area (Å²) in [5.41, 5.74) is 1.47. The largest absolute Gasteiger partial charge is 0.497 e. The fourth-order valence-electron chi connectivity index (χ4n) is 2.51. The van der Waals surface area contributed by atoms with Gasteiger partial charge in [0.15, 0.2) is 0 Å². The Hall–Kier alpha value is -2.21. The van der Waals surface area contributed by atoms with E-state index in [1.807, 2.05) is 18.2 Å². The quantitative estimate of drug-likeness (QED) is 0.919. The Labute approximate surface area is 138 Å². The molecule has 1 aliphatic rings. The van der Waals surface area contributed by atoms with Crippen molar-refractivity contribution in [3.05, 3.63) is 59.9 Å². The molecule has 2 amide bonds. The first-order chi connectivity index (χ1) is 11.2. The highest BCUT2D eigenvalue weighted by atomic mass is 32.2. The molecule has 0 aromatic heterocycles. The second-order valence-electron chi connectivity index (χ2n) is 5.13. The van der Waals surface area contributed by atoms with E-state index in [1.54, 1.807) is 42.0 Å². The number of rotatable bonds is 3. The molecule has 1 aliphatic heterocycles. The van der Waals surface area contributed by atoms with Crippen molar-refractivity contribution in [2.45, 2.75) is 5.37 Å². The minimum absolute atomic E-state index is 0.170. The third-order valence-electron chi connectivity index (χ3n) is 3.61. The van der Waals surface area contributed by atoms with E-state index >= 15 is 0 Å². The van der Waals surface area contributed by atoms with Gasteiger partial charge in [0, 0.05) is 24.1 Å². The zero-order valence-electron chi connectivity index (χ0n) is 12.7. The highest BCUT2D eigenvalue weighted by Crippen LogP contribution is 2.38. The van der Waals surface area contributed by atoms with Gasteiger partial charge < -0.3 is 15.0 Å². The monoisotopic (exact) mass is 332 g/mol. The smallest absolute Gasteiger partial charge is 0.323 e. The van der Waals surface area contributed by atoms with Gasteiger partial charge in [0.2, 0.25) is 0 Å². The van der Waals surface area contributed by atoms with E-state index in [0.717, 1.165) is 11.3 Å². The number of urea groups is 1.